The molecular formula is C11H22O3. The molecule has 0 aliphatic carbocycles. The average molecular weight is 202 g/mol. The van der Waals surface area contributed by atoms with E-state index in [1.54, 1.807) is 13.8 Å². The van der Waals surface area contributed by atoms with Gasteiger partial charge in [-0.1, -0.05) is 20.8 Å². The predicted octanol–water partition coefficient (Wildman–Crippen LogP) is 3.37. The molecular weight excluding hydrogens is 180 g/mol. The van der Waals surface area contributed by atoms with Gasteiger partial charge in [-0.15, -0.1) is 0 Å². The predicted molar refractivity (Wildman–Crippen MR) is 56.3 cm³/mol. The Morgan fingerprint density at radius 2 is 1.86 bits per heavy atom. The molecule has 0 aliphatic heterocycles. The van der Waals surface area contributed by atoms with Crippen LogP contribution in [0.3, 0.4) is 0 Å². The molecule has 0 aromatic carbocycles. The van der Waals surface area contributed by atoms with Gasteiger partial charge in [-0.3, -0.25) is 0 Å². The van der Waals surface area contributed by atoms with Crippen molar-refractivity contribution in [3.05, 3.63) is 0 Å². The number of hydrogen-bond donors (Lipinski definition) is 0. The molecule has 0 bridgehead atoms. The summed E-state index contributed by atoms with van der Waals surface area (Å²) >= 11 is 0. The van der Waals surface area contributed by atoms with Gasteiger partial charge < -0.3 is 9.47 Å². The summed E-state index contributed by atoms with van der Waals surface area (Å²) in [4.78, 5) is 10.9. The fourth-order valence-electron chi connectivity index (χ4n) is 0.984. The van der Waals surface area contributed by atoms with Crippen molar-refractivity contribution in [2.24, 2.45) is 5.41 Å². The van der Waals surface area contributed by atoms with Gasteiger partial charge in [0.2, 0.25) is 0 Å². The molecule has 0 radical (unpaired) electrons. The third kappa shape index (κ3) is 9.36. The Balaban J connectivity index is 3.41. The summed E-state index contributed by atoms with van der Waals surface area (Å²) < 4.78 is 9.71. The first-order chi connectivity index (χ1) is 6.31. The first-order valence-corrected chi connectivity index (χ1v) is 5.15. The topological polar surface area (TPSA) is 35.5 Å². The Morgan fingerprint density at radius 3 is 2.29 bits per heavy atom. The second-order valence-corrected chi connectivity index (χ2v) is 4.93. The molecule has 0 saturated carbocycles. The minimum Gasteiger partial charge on any atom is -0.434 e. The Labute approximate surface area is 86.8 Å². The third-order valence-electron chi connectivity index (χ3n) is 1.62. The van der Waals surface area contributed by atoms with Crippen molar-refractivity contribution in [1.29, 1.82) is 0 Å². The molecule has 0 N–H and O–H groups in total. The summed E-state index contributed by atoms with van der Waals surface area (Å²) in [7, 11) is 0. The normalized spacial score (nSPS) is 11.6. The minimum atomic E-state index is -0.561. The molecule has 14 heavy (non-hydrogen) atoms. The average Bonchev–Trinajstić information content (AvgIpc) is 1.95. The van der Waals surface area contributed by atoms with Gasteiger partial charge in [-0.05, 0) is 32.1 Å². The maximum Gasteiger partial charge on any atom is 0.508 e. The van der Waals surface area contributed by atoms with Gasteiger partial charge >= 0.3 is 6.16 Å². The fourth-order valence-corrected chi connectivity index (χ4v) is 0.984. The fraction of sp³-hybridized carbons (Fsp3) is 0.909. The summed E-state index contributed by atoms with van der Waals surface area (Å²) in [5.41, 5.74) is 0.297. The summed E-state index contributed by atoms with van der Waals surface area (Å²) in [6, 6.07) is 0. The lowest BCUT2D eigenvalue weighted by Crippen LogP contribution is -2.14. The zero-order valence-corrected chi connectivity index (χ0v) is 9.92. The van der Waals surface area contributed by atoms with E-state index in [2.05, 4.69) is 20.8 Å². The third-order valence-corrected chi connectivity index (χ3v) is 1.62. The zero-order valence-electron chi connectivity index (χ0n) is 9.92. The summed E-state index contributed by atoms with van der Waals surface area (Å²) in [5.74, 6) is 0. The highest BCUT2D eigenvalue weighted by molar-refractivity contribution is 5.59. The van der Waals surface area contributed by atoms with Gasteiger partial charge in [0.25, 0.3) is 0 Å². The zero-order chi connectivity index (χ0) is 11.2. The van der Waals surface area contributed by atoms with Gasteiger partial charge in [0.15, 0.2) is 0 Å². The highest BCUT2D eigenvalue weighted by Gasteiger charge is 2.11. The number of carbonyl (C=O) groups excluding carboxylic acids is 1. The first-order valence-electron chi connectivity index (χ1n) is 5.15. The Hall–Kier alpha value is -0.730. The highest BCUT2D eigenvalue weighted by Crippen LogP contribution is 2.20. The van der Waals surface area contributed by atoms with Crippen LogP contribution in [0.5, 0.6) is 0 Å². The molecule has 0 fully saturated rings. The molecule has 0 saturated heterocycles. The Morgan fingerprint density at radius 1 is 1.29 bits per heavy atom. The number of carbonyl (C=O) groups is 1. The summed E-state index contributed by atoms with van der Waals surface area (Å²) in [6.07, 6.45) is 1.26. The van der Waals surface area contributed by atoms with Crippen molar-refractivity contribution in [2.45, 2.75) is 53.6 Å². The second-order valence-electron chi connectivity index (χ2n) is 4.93. The quantitative estimate of drug-likeness (QED) is 0.518. The van der Waals surface area contributed by atoms with Gasteiger partial charge in [-0.25, -0.2) is 4.79 Å². The summed E-state index contributed by atoms with van der Waals surface area (Å²) in [6.45, 7) is 10.5. The highest BCUT2D eigenvalue weighted by atomic mass is 16.7. The van der Waals surface area contributed by atoms with Crippen LogP contribution >= 0.6 is 0 Å². The van der Waals surface area contributed by atoms with E-state index in [1.165, 1.54) is 0 Å². The second kappa shape index (κ2) is 5.89. The van der Waals surface area contributed by atoms with Crippen LogP contribution in [-0.2, 0) is 9.47 Å². The van der Waals surface area contributed by atoms with Crippen LogP contribution in [-0.4, -0.2) is 18.9 Å². The molecule has 0 aromatic heterocycles. The molecule has 0 rings (SSSR count). The van der Waals surface area contributed by atoms with Gasteiger partial charge in [0.1, 0.15) is 0 Å². The van der Waals surface area contributed by atoms with Crippen LogP contribution in [0.4, 0.5) is 4.79 Å². The lowest BCUT2D eigenvalue weighted by molar-refractivity contribution is 0.0323. The lowest BCUT2D eigenvalue weighted by atomic mass is 9.91. The van der Waals surface area contributed by atoms with E-state index < -0.39 is 6.16 Å². The van der Waals surface area contributed by atoms with Crippen LogP contribution in [0, 0.1) is 5.41 Å². The molecule has 0 heterocycles. The van der Waals surface area contributed by atoms with Crippen molar-refractivity contribution < 1.29 is 14.3 Å². The number of hydrogen-bond acceptors (Lipinski definition) is 3. The molecule has 3 heteroatoms. The van der Waals surface area contributed by atoms with E-state index in [4.69, 9.17) is 9.47 Å². The van der Waals surface area contributed by atoms with E-state index in [-0.39, 0.29) is 6.10 Å². The summed E-state index contributed by atoms with van der Waals surface area (Å²) in [5, 5.41) is 0. The molecule has 0 atom stereocenters. The molecule has 0 aliphatic rings. The number of ether oxygens (including phenoxy) is 2. The molecule has 0 unspecified atom stereocenters. The molecule has 84 valence electrons. The maximum atomic E-state index is 10.9. The standard InChI is InChI=1S/C11H22O3/c1-9(2)14-10(12)13-8-6-7-11(3,4)5/h9H,6-8H2,1-5H3. The van der Waals surface area contributed by atoms with Crippen molar-refractivity contribution >= 4 is 6.16 Å². The van der Waals surface area contributed by atoms with E-state index in [0.717, 1.165) is 12.8 Å². The van der Waals surface area contributed by atoms with Crippen molar-refractivity contribution in [1.82, 2.24) is 0 Å². The van der Waals surface area contributed by atoms with Crippen molar-refractivity contribution in [3.8, 4) is 0 Å². The van der Waals surface area contributed by atoms with Crippen molar-refractivity contribution in [2.75, 3.05) is 6.61 Å². The van der Waals surface area contributed by atoms with E-state index >= 15 is 0 Å². The van der Waals surface area contributed by atoms with E-state index in [0.29, 0.717) is 12.0 Å². The smallest absolute Gasteiger partial charge is 0.434 e. The van der Waals surface area contributed by atoms with Crippen LogP contribution in [0.2, 0.25) is 0 Å². The van der Waals surface area contributed by atoms with Crippen LogP contribution in [0.15, 0.2) is 0 Å². The minimum absolute atomic E-state index is 0.106. The maximum absolute atomic E-state index is 10.9. The number of rotatable bonds is 4. The van der Waals surface area contributed by atoms with E-state index in [9.17, 15) is 4.79 Å². The molecule has 0 aromatic rings. The lowest BCUT2D eigenvalue weighted by Gasteiger charge is -2.17. The van der Waals surface area contributed by atoms with E-state index in [1.807, 2.05) is 0 Å². The molecule has 0 amide bonds. The SMILES string of the molecule is CC(C)OC(=O)OCCCC(C)(C)C. The Kier molecular flexibility index (Phi) is 5.58. The first kappa shape index (κ1) is 13.3. The Bertz CT molecular complexity index is 168. The van der Waals surface area contributed by atoms with Crippen LogP contribution in [0.1, 0.15) is 47.5 Å². The van der Waals surface area contributed by atoms with Crippen LogP contribution < -0.4 is 0 Å². The largest absolute Gasteiger partial charge is 0.508 e. The van der Waals surface area contributed by atoms with Gasteiger partial charge in [0.05, 0.1) is 12.7 Å². The van der Waals surface area contributed by atoms with Gasteiger partial charge in [-0.2, -0.15) is 0 Å². The van der Waals surface area contributed by atoms with Crippen LogP contribution in [0.25, 0.3) is 0 Å². The van der Waals surface area contributed by atoms with Gasteiger partial charge in [0, 0.05) is 0 Å². The van der Waals surface area contributed by atoms with Crippen molar-refractivity contribution in [3.63, 3.8) is 0 Å². The molecule has 0 spiro atoms. The molecule has 3 nitrogen and oxygen atoms in total. The monoisotopic (exact) mass is 202 g/mol.